The molecule has 0 N–H and O–H groups in total. The summed E-state index contributed by atoms with van der Waals surface area (Å²) in [5.74, 6) is 3.11. The smallest absolute Gasteiger partial charge is 0.419 e. The van der Waals surface area contributed by atoms with Crippen molar-refractivity contribution in [2.24, 2.45) is 5.92 Å². The van der Waals surface area contributed by atoms with Crippen molar-refractivity contribution < 1.29 is 9.53 Å². The molecule has 1 aromatic rings. The first-order valence-electron chi connectivity index (χ1n) is 5.43. The molecule has 1 aliphatic rings. The molecule has 0 saturated heterocycles. The molecule has 1 aliphatic carbocycles. The average Bonchev–Trinajstić information content (AvgIpc) is 2.82. The van der Waals surface area contributed by atoms with Gasteiger partial charge in [0.2, 0.25) is 0 Å². The first-order valence-corrected chi connectivity index (χ1v) is 5.43. The third-order valence-corrected chi connectivity index (χ3v) is 2.72. The Hall–Kier alpha value is -1.76. The Kier molecular flexibility index (Phi) is 3.25. The molecule has 1 heterocycles. The number of carbonyl (C=O) groups is 1. The van der Waals surface area contributed by atoms with Gasteiger partial charge in [-0.25, -0.2) is 14.3 Å². The van der Waals surface area contributed by atoms with Crippen molar-refractivity contribution in [3.8, 4) is 12.3 Å². The highest BCUT2D eigenvalue weighted by Gasteiger charge is 2.40. The second kappa shape index (κ2) is 4.84. The highest BCUT2D eigenvalue weighted by Crippen LogP contribution is 2.38. The summed E-state index contributed by atoms with van der Waals surface area (Å²) < 4.78 is 6.63. The Morgan fingerprint density at radius 1 is 1.69 bits per heavy atom. The summed E-state index contributed by atoms with van der Waals surface area (Å²) >= 11 is 0. The van der Waals surface area contributed by atoms with E-state index in [1.807, 2.05) is 0 Å². The van der Waals surface area contributed by atoms with E-state index in [2.05, 4.69) is 10.9 Å². The van der Waals surface area contributed by atoms with E-state index in [0.717, 1.165) is 25.7 Å². The molecule has 2 rings (SSSR count). The third kappa shape index (κ3) is 2.63. The zero-order valence-electron chi connectivity index (χ0n) is 9.00. The van der Waals surface area contributed by atoms with Crippen LogP contribution in [-0.4, -0.2) is 21.7 Å². The van der Waals surface area contributed by atoms with Gasteiger partial charge in [-0.1, -0.05) is 0 Å². The minimum atomic E-state index is -0.345. The van der Waals surface area contributed by atoms with Crippen LogP contribution in [0.25, 0.3) is 0 Å². The number of hydrogen-bond donors (Lipinski definition) is 0. The maximum absolute atomic E-state index is 11.5. The van der Waals surface area contributed by atoms with Gasteiger partial charge in [0.1, 0.15) is 12.4 Å². The highest BCUT2D eigenvalue weighted by atomic mass is 16.6. The second-order valence-electron chi connectivity index (χ2n) is 3.98. The molecule has 4 nitrogen and oxygen atoms in total. The van der Waals surface area contributed by atoms with Crippen molar-refractivity contribution in [1.82, 2.24) is 9.55 Å². The van der Waals surface area contributed by atoms with Crippen LogP contribution in [0.2, 0.25) is 0 Å². The highest BCUT2D eigenvalue weighted by molar-refractivity contribution is 5.70. The van der Waals surface area contributed by atoms with Crippen LogP contribution in [0, 0.1) is 18.3 Å². The van der Waals surface area contributed by atoms with Crippen LogP contribution in [-0.2, 0) is 4.74 Å². The molecule has 0 unspecified atom stereocenters. The number of ether oxygens (including phenoxy) is 1. The zero-order valence-corrected chi connectivity index (χ0v) is 9.00. The van der Waals surface area contributed by atoms with Gasteiger partial charge in [0.15, 0.2) is 0 Å². The molecule has 16 heavy (non-hydrogen) atoms. The SMILES string of the molecule is C#CCCC[C@@H]1C[C@H]1OC(=O)n1ccnc1. The lowest BCUT2D eigenvalue weighted by Gasteiger charge is -2.03. The lowest BCUT2D eigenvalue weighted by molar-refractivity contribution is 0.134. The first-order chi connectivity index (χ1) is 7.81. The van der Waals surface area contributed by atoms with E-state index in [9.17, 15) is 4.79 Å². The van der Waals surface area contributed by atoms with E-state index >= 15 is 0 Å². The van der Waals surface area contributed by atoms with E-state index in [1.165, 1.54) is 10.9 Å². The largest absolute Gasteiger partial charge is 0.445 e. The fourth-order valence-electron chi connectivity index (χ4n) is 1.69. The number of unbranched alkanes of at least 4 members (excludes halogenated alkanes) is 1. The fraction of sp³-hybridized carbons (Fsp3) is 0.500. The predicted octanol–water partition coefficient (Wildman–Crippen LogP) is 2.06. The Morgan fingerprint density at radius 3 is 3.25 bits per heavy atom. The number of rotatable bonds is 4. The van der Waals surface area contributed by atoms with Crippen LogP contribution >= 0.6 is 0 Å². The minimum Gasteiger partial charge on any atom is -0.445 e. The number of hydrogen-bond acceptors (Lipinski definition) is 3. The maximum Gasteiger partial charge on any atom is 0.419 e. The summed E-state index contributed by atoms with van der Waals surface area (Å²) in [6.45, 7) is 0. The van der Waals surface area contributed by atoms with Crippen molar-refractivity contribution >= 4 is 6.09 Å². The van der Waals surface area contributed by atoms with Gasteiger partial charge < -0.3 is 4.74 Å². The molecule has 0 bridgehead atoms. The minimum absolute atomic E-state index is 0.0766. The molecule has 0 radical (unpaired) electrons. The maximum atomic E-state index is 11.5. The normalized spacial score (nSPS) is 22.4. The Bertz CT molecular complexity index is 392. The number of imidazole rings is 1. The summed E-state index contributed by atoms with van der Waals surface area (Å²) in [6, 6.07) is 0. The molecule has 0 amide bonds. The molecule has 2 atom stereocenters. The van der Waals surface area contributed by atoms with Gasteiger partial charge in [-0.15, -0.1) is 12.3 Å². The van der Waals surface area contributed by atoms with Crippen LogP contribution in [0.4, 0.5) is 4.79 Å². The Balaban J connectivity index is 1.69. The quantitative estimate of drug-likeness (QED) is 0.574. The summed E-state index contributed by atoms with van der Waals surface area (Å²) in [6.07, 6.45) is 13.3. The van der Waals surface area contributed by atoms with Crippen LogP contribution in [0.1, 0.15) is 25.7 Å². The lowest BCUT2D eigenvalue weighted by atomic mass is 10.2. The van der Waals surface area contributed by atoms with Gasteiger partial charge >= 0.3 is 6.09 Å². The van der Waals surface area contributed by atoms with Gasteiger partial charge in [0.25, 0.3) is 0 Å². The van der Waals surface area contributed by atoms with Gasteiger partial charge in [-0.2, -0.15) is 0 Å². The van der Waals surface area contributed by atoms with E-state index in [1.54, 1.807) is 12.4 Å². The lowest BCUT2D eigenvalue weighted by Crippen LogP contribution is -2.13. The van der Waals surface area contributed by atoms with Gasteiger partial charge in [0.05, 0.1) is 0 Å². The molecule has 4 heteroatoms. The predicted molar refractivity (Wildman–Crippen MR) is 58.7 cm³/mol. The molecule has 0 spiro atoms. The Morgan fingerprint density at radius 2 is 2.56 bits per heavy atom. The van der Waals surface area contributed by atoms with Crippen LogP contribution in [0.15, 0.2) is 18.7 Å². The van der Waals surface area contributed by atoms with Gasteiger partial charge in [0, 0.05) is 18.8 Å². The van der Waals surface area contributed by atoms with Crippen molar-refractivity contribution in [1.29, 1.82) is 0 Å². The summed E-state index contributed by atoms with van der Waals surface area (Å²) in [7, 11) is 0. The van der Waals surface area contributed by atoms with Crippen LogP contribution in [0.5, 0.6) is 0 Å². The number of aromatic nitrogens is 2. The zero-order chi connectivity index (χ0) is 11.4. The molecule has 0 aromatic carbocycles. The molecular formula is C12H14N2O2. The molecule has 1 saturated carbocycles. The van der Waals surface area contributed by atoms with E-state index in [-0.39, 0.29) is 12.2 Å². The molecule has 1 fully saturated rings. The molecular weight excluding hydrogens is 204 g/mol. The van der Waals surface area contributed by atoms with Gasteiger partial charge in [-0.3, -0.25) is 0 Å². The summed E-state index contributed by atoms with van der Waals surface area (Å²) in [5.41, 5.74) is 0. The summed E-state index contributed by atoms with van der Waals surface area (Å²) in [4.78, 5) is 15.3. The van der Waals surface area contributed by atoms with Gasteiger partial charge in [-0.05, 0) is 25.2 Å². The van der Waals surface area contributed by atoms with Crippen molar-refractivity contribution in [2.45, 2.75) is 31.8 Å². The third-order valence-electron chi connectivity index (χ3n) is 2.72. The molecule has 84 valence electrons. The van der Waals surface area contributed by atoms with Crippen molar-refractivity contribution in [2.75, 3.05) is 0 Å². The average molecular weight is 218 g/mol. The second-order valence-corrected chi connectivity index (χ2v) is 3.98. The fourth-order valence-corrected chi connectivity index (χ4v) is 1.69. The molecule has 0 aliphatic heterocycles. The number of nitrogens with zero attached hydrogens (tertiary/aromatic N) is 2. The first kappa shape index (κ1) is 10.7. The topological polar surface area (TPSA) is 44.1 Å². The number of carbonyl (C=O) groups excluding carboxylic acids is 1. The van der Waals surface area contributed by atoms with Crippen LogP contribution < -0.4 is 0 Å². The van der Waals surface area contributed by atoms with E-state index in [0.29, 0.717) is 5.92 Å². The van der Waals surface area contributed by atoms with Crippen LogP contribution in [0.3, 0.4) is 0 Å². The summed E-state index contributed by atoms with van der Waals surface area (Å²) in [5, 5.41) is 0. The van der Waals surface area contributed by atoms with E-state index < -0.39 is 0 Å². The Labute approximate surface area is 94.6 Å². The monoisotopic (exact) mass is 218 g/mol. The standard InChI is InChI=1S/C12H14N2O2/c1-2-3-4-5-10-8-11(10)16-12(15)14-7-6-13-9-14/h1,6-7,9-11H,3-5,8H2/t10-,11-/m1/s1. The van der Waals surface area contributed by atoms with E-state index in [4.69, 9.17) is 11.2 Å². The van der Waals surface area contributed by atoms with Crippen molar-refractivity contribution in [3.05, 3.63) is 18.7 Å². The molecule has 1 aromatic heterocycles. The van der Waals surface area contributed by atoms with Crippen molar-refractivity contribution in [3.63, 3.8) is 0 Å². The number of terminal acetylenes is 1.